The number of amides is 2. The minimum Gasteiger partial charge on any atom is -0.344 e. The second-order valence-electron chi connectivity index (χ2n) is 4.36. The normalized spacial score (nSPS) is 10.1. The van der Waals surface area contributed by atoms with Crippen molar-refractivity contribution in [3.8, 4) is 0 Å². The molecule has 0 radical (unpaired) electrons. The number of nitrogens with one attached hydrogen (secondary N) is 2. The van der Waals surface area contributed by atoms with Gasteiger partial charge in [-0.15, -0.1) is 0 Å². The number of hydrogen-bond acceptors (Lipinski definition) is 2. The summed E-state index contributed by atoms with van der Waals surface area (Å²) in [6.45, 7) is 0.107. The molecule has 0 bridgehead atoms. The summed E-state index contributed by atoms with van der Waals surface area (Å²) >= 11 is 11.7. The molecule has 0 spiro atoms. The van der Waals surface area contributed by atoms with Crippen molar-refractivity contribution in [2.75, 3.05) is 5.32 Å². The molecule has 2 rings (SSSR count). The number of benzene rings is 2. The number of halogens is 3. The van der Waals surface area contributed by atoms with Crippen LogP contribution >= 0.6 is 23.2 Å². The van der Waals surface area contributed by atoms with E-state index in [1.165, 1.54) is 30.3 Å². The number of carbonyl (C=O) groups excluding carboxylic acids is 2. The van der Waals surface area contributed by atoms with Gasteiger partial charge in [0.1, 0.15) is 5.82 Å². The first-order chi connectivity index (χ1) is 10.5. The third kappa shape index (κ3) is 4.19. The maximum atomic E-state index is 12.8. The zero-order valence-electron chi connectivity index (χ0n) is 11.2. The van der Waals surface area contributed by atoms with Crippen LogP contribution in [0.25, 0.3) is 0 Å². The first kappa shape index (κ1) is 16.3. The molecule has 22 heavy (non-hydrogen) atoms. The van der Waals surface area contributed by atoms with Crippen LogP contribution in [0.5, 0.6) is 0 Å². The summed E-state index contributed by atoms with van der Waals surface area (Å²) in [5.41, 5.74) is 0.916. The summed E-state index contributed by atoms with van der Waals surface area (Å²) in [5, 5.41) is 5.22. The molecule has 0 aliphatic rings. The number of hydrogen-bond donors (Lipinski definition) is 2. The fourth-order valence-corrected chi connectivity index (χ4v) is 1.99. The molecule has 2 N–H and O–H groups in total. The van der Waals surface area contributed by atoms with Crippen molar-refractivity contribution >= 4 is 40.7 Å². The Hall–Kier alpha value is -2.11. The standard InChI is InChI=1S/C15H11Cl2FN2O2/c16-11-2-1-3-12(13(11)17)20-15(22)14(21)19-8-9-4-6-10(18)7-5-9/h1-7H,8H2,(H,19,21)(H,20,22). The zero-order valence-corrected chi connectivity index (χ0v) is 12.7. The van der Waals surface area contributed by atoms with Crippen LogP contribution in [0.1, 0.15) is 5.56 Å². The molecule has 7 heteroatoms. The molecule has 0 saturated heterocycles. The largest absolute Gasteiger partial charge is 0.344 e. The van der Waals surface area contributed by atoms with Crippen LogP contribution in [0.15, 0.2) is 42.5 Å². The Morgan fingerprint density at radius 3 is 2.36 bits per heavy atom. The van der Waals surface area contributed by atoms with Gasteiger partial charge >= 0.3 is 11.8 Å². The molecule has 0 unspecified atom stereocenters. The molecular weight excluding hydrogens is 330 g/mol. The average molecular weight is 341 g/mol. The van der Waals surface area contributed by atoms with Crippen molar-refractivity contribution in [3.05, 3.63) is 63.9 Å². The van der Waals surface area contributed by atoms with Crippen molar-refractivity contribution in [3.63, 3.8) is 0 Å². The smallest absolute Gasteiger partial charge is 0.313 e. The molecular formula is C15H11Cl2FN2O2. The molecule has 0 aliphatic carbocycles. The Bertz CT molecular complexity index is 705. The Morgan fingerprint density at radius 1 is 1.00 bits per heavy atom. The van der Waals surface area contributed by atoms with Gasteiger partial charge in [-0.25, -0.2) is 4.39 Å². The predicted octanol–water partition coefficient (Wildman–Crippen LogP) is 3.39. The summed E-state index contributed by atoms with van der Waals surface area (Å²) in [6, 6.07) is 10.3. The van der Waals surface area contributed by atoms with Crippen LogP contribution in [0, 0.1) is 5.82 Å². The van der Waals surface area contributed by atoms with E-state index in [9.17, 15) is 14.0 Å². The van der Waals surface area contributed by atoms with E-state index in [1.54, 1.807) is 12.1 Å². The molecule has 2 aromatic rings. The van der Waals surface area contributed by atoms with Crippen LogP contribution in [0.2, 0.25) is 10.0 Å². The zero-order chi connectivity index (χ0) is 16.1. The first-order valence-corrected chi connectivity index (χ1v) is 7.00. The molecule has 114 valence electrons. The lowest BCUT2D eigenvalue weighted by atomic mass is 10.2. The lowest BCUT2D eigenvalue weighted by molar-refractivity contribution is -0.136. The predicted molar refractivity (Wildman–Crippen MR) is 83.3 cm³/mol. The van der Waals surface area contributed by atoms with E-state index in [-0.39, 0.29) is 28.1 Å². The molecule has 0 saturated carbocycles. The van der Waals surface area contributed by atoms with Gasteiger partial charge < -0.3 is 10.6 Å². The van der Waals surface area contributed by atoms with Crippen molar-refractivity contribution in [2.24, 2.45) is 0 Å². The van der Waals surface area contributed by atoms with Crippen LogP contribution in [-0.2, 0) is 16.1 Å². The van der Waals surface area contributed by atoms with E-state index in [0.29, 0.717) is 5.56 Å². The van der Waals surface area contributed by atoms with Crippen LogP contribution < -0.4 is 10.6 Å². The summed E-state index contributed by atoms with van der Waals surface area (Å²) in [7, 11) is 0. The second kappa shape index (κ2) is 7.24. The van der Waals surface area contributed by atoms with Gasteiger partial charge in [-0.2, -0.15) is 0 Å². The van der Waals surface area contributed by atoms with Gasteiger partial charge in [-0.05, 0) is 29.8 Å². The highest BCUT2D eigenvalue weighted by Gasteiger charge is 2.15. The molecule has 0 atom stereocenters. The summed E-state index contributed by atoms with van der Waals surface area (Å²) < 4.78 is 12.8. The van der Waals surface area contributed by atoms with Gasteiger partial charge in [-0.1, -0.05) is 41.4 Å². The monoisotopic (exact) mass is 340 g/mol. The third-order valence-corrected chi connectivity index (χ3v) is 3.59. The minimum absolute atomic E-state index is 0.107. The van der Waals surface area contributed by atoms with Gasteiger partial charge in [0.15, 0.2) is 0 Å². The highest BCUT2D eigenvalue weighted by Crippen LogP contribution is 2.29. The maximum Gasteiger partial charge on any atom is 0.313 e. The fraction of sp³-hybridized carbons (Fsp3) is 0.0667. The number of rotatable bonds is 3. The Balaban J connectivity index is 1.93. The lowest BCUT2D eigenvalue weighted by Crippen LogP contribution is -2.35. The van der Waals surface area contributed by atoms with Gasteiger partial charge in [-0.3, -0.25) is 9.59 Å². The quantitative estimate of drug-likeness (QED) is 0.841. The summed E-state index contributed by atoms with van der Waals surface area (Å²) in [6.07, 6.45) is 0. The van der Waals surface area contributed by atoms with Gasteiger partial charge in [0.25, 0.3) is 0 Å². The van der Waals surface area contributed by atoms with E-state index < -0.39 is 11.8 Å². The topological polar surface area (TPSA) is 58.2 Å². The van der Waals surface area contributed by atoms with E-state index in [1.807, 2.05) is 0 Å². The Kier molecular flexibility index (Phi) is 5.35. The molecule has 0 aliphatic heterocycles. The summed E-state index contributed by atoms with van der Waals surface area (Å²) in [5.74, 6) is -2.07. The van der Waals surface area contributed by atoms with E-state index in [0.717, 1.165) is 0 Å². The van der Waals surface area contributed by atoms with Gasteiger partial charge in [0, 0.05) is 6.54 Å². The molecule has 2 amide bonds. The highest BCUT2D eigenvalue weighted by atomic mass is 35.5. The SMILES string of the molecule is O=C(NCc1ccc(F)cc1)C(=O)Nc1cccc(Cl)c1Cl. The molecule has 0 heterocycles. The molecule has 2 aromatic carbocycles. The van der Waals surface area contributed by atoms with Crippen LogP contribution in [-0.4, -0.2) is 11.8 Å². The van der Waals surface area contributed by atoms with Gasteiger partial charge in [0.05, 0.1) is 15.7 Å². The van der Waals surface area contributed by atoms with Gasteiger partial charge in [0.2, 0.25) is 0 Å². The second-order valence-corrected chi connectivity index (χ2v) is 5.15. The van der Waals surface area contributed by atoms with Crippen LogP contribution in [0.4, 0.5) is 10.1 Å². The lowest BCUT2D eigenvalue weighted by Gasteiger charge is -2.08. The van der Waals surface area contributed by atoms with Crippen LogP contribution in [0.3, 0.4) is 0 Å². The van der Waals surface area contributed by atoms with Crippen molar-refractivity contribution in [2.45, 2.75) is 6.54 Å². The third-order valence-electron chi connectivity index (χ3n) is 2.77. The number of anilines is 1. The average Bonchev–Trinajstić information content (AvgIpc) is 2.51. The van der Waals surface area contributed by atoms with Crippen molar-refractivity contribution < 1.29 is 14.0 Å². The fourth-order valence-electron chi connectivity index (χ4n) is 1.64. The Labute approximate surface area is 136 Å². The van der Waals surface area contributed by atoms with E-state index in [4.69, 9.17) is 23.2 Å². The highest BCUT2D eigenvalue weighted by molar-refractivity contribution is 6.45. The minimum atomic E-state index is -0.869. The molecule has 4 nitrogen and oxygen atoms in total. The Morgan fingerprint density at radius 2 is 1.68 bits per heavy atom. The van der Waals surface area contributed by atoms with Crippen molar-refractivity contribution in [1.29, 1.82) is 0 Å². The summed E-state index contributed by atoms with van der Waals surface area (Å²) in [4.78, 5) is 23.5. The molecule has 0 aromatic heterocycles. The maximum absolute atomic E-state index is 12.8. The van der Waals surface area contributed by atoms with Crippen molar-refractivity contribution in [1.82, 2.24) is 5.32 Å². The number of carbonyl (C=O) groups is 2. The van der Waals surface area contributed by atoms with E-state index in [2.05, 4.69) is 10.6 Å². The molecule has 0 fully saturated rings. The van der Waals surface area contributed by atoms with E-state index >= 15 is 0 Å². The first-order valence-electron chi connectivity index (χ1n) is 6.25.